The molecule has 100 valence electrons. The van der Waals surface area contributed by atoms with E-state index in [4.69, 9.17) is 10.5 Å². The first-order chi connectivity index (χ1) is 9.11. The summed E-state index contributed by atoms with van der Waals surface area (Å²) in [7, 11) is 1.67. The fraction of sp³-hybridized carbons (Fsp3) is 0.312. The second kappa shape index (κ2) is 5.74. The Bertz CT molecular complexity index is 592. The Morgan fingerprint density at radius 2 is 2.11 bits per heavy atom. The van der Waals surface area contributed by atoms with Gasteiger partial charge in [0.25, 0.3) is 0 Å². The molecule has 0 aliphatic rings. The topological polar surface area (TPSA) is 52.3 Å². The molecule has 0 aliphatic heterocycles. The van der Waals surface area contributed by atoms with Crippen LogP contribution in [-0.2, 0) is 4.79 Å². The molecule has 0 radical (unpaired) electrons. The molecule has 1 unspecified atom stereocenters. The number of hydrogen-bond acceptors (Lipinski definition) is 2. The molecule has 19 heavy (non-hydrogen) atoms. The standard InChI is InChI=1S/C16H19NO2/c1-11(6-9-16(17)18)14-5-3-4-12-7-8-13(19-2)10-15(12)14/h3-5,7-8,10-11H,6,9H2,1-2H3,(H2,17,18). The summed E-state index contributed by atoms with van der Waals surface area (Å²) < 4.78 is 5.28. The van der Waals surface area contributed by atoms with Crippen LogP contribution in [0.2, 0.25) is 0 Å². The molecule has 3 nitrogen and oxygen atoms in total. The van der Waals surface area contributed by atoms with Crippen molar-refractivity contribution in [2.75, 3.05) is 7.11 Å². The molecule has 1 atom stereocenters. The molecule has 1 amide bonds. The number of rotatable bonds is 5. The van der Waals surface area contributed by atoms with Crippen molar-refractivity contribution >= 4 is 16.7 Å². The van der Waals surface area contributed by atoms with Crippen molar-refractivity contribution in [2.24, 2.45) is 5.73 Å². The number of amides is 1. The van der Waals surface area contributed by atoms with Crippen molar-refractivity contribution in [3.05, 3.63) is 42.0 Å². The molecule has 0 aliphatic carbocycles. The van der Waals surface area contributed by atoms with E-state index >= 15 is 0 Å². The summed E-state index contributed by atoms with van der Waals surface area (Å²) in [5, 5.41) is 2.36. The van der Waals surface area contributed by atoms with E-state index in [2.05, 4.69) is 25.1 Å². The molecular formula is C16H19NO2. The van der Waals surface area contributed by atoms with Crippen LogP contribution in [0.5, 0.6) is 5.75 Å². The van der Waals surface area contributed by atoms with Gasteiger partial charge >= 0.3 is 0 Å². The van der Waals surface area contributed by atoms with Crippen LogP contribution in [0.25, 0.3) is 10.8 Å². The van der Waals surface area contributed by atoms with Crippen LogP contribution in [0.3, 0.4) is 0 Å². The van der Waals surface area contributed by atoms with Gasteiger partial charge in [0.2, 0.25) is 5.91 Å². The van der Waals surface area contributed by atoms with E-state index in [0.717, 1.165) is 12.2 Å². The lowest BCUT2D eigenvalue weighted by atomic mass is 9.91. The lowest BCUT2D eigenvalue weighted by Gasteiger charge is -2.14. The molecule has 0 spiro atoms. The molecule has 0 saturated carbocycles. The zero-order valence-electron chi connectivity index (χ0n) is 11.3. The van der Waals surface area contributed by atoms with E-state index in [1.54, 1.807) is 7.11 Å². The average molecular weight is 257 g/mol. The molecular weight excluding hydrogens is 238 g/mol. The summed E-state index contributed by atoms with van der Waals surface area (Å²) in [4.78, 5) is 10.9. The van der Waals surface area contributed by atoms with Crippen LogP contribution in [0, 0.1) is 0 Å². The van der Waals surface area contributed by atoms with Gasteiger partial charge in [-0.1, -0.05) is 31.2 Å². The van der Waals surface area contributed by atoms with Gasteiger partial charge in [0.05, 0.1) is 7.11 Å². The Labute approximate surface area is 113 Å². The SMILES string of the molecule is COc1ccc2cccc(C(C)CCC(N)=O)c2c1. The van der Waals surface area contributed by atoms with Gasteiger partial charge in [-0.25, -0.2) is 0 Å². The van der Waals surface area contributed by atoms with Gasteiger partial charge in [-0.3, -0.25) is 4.79 Å². The highest BCUT2D eigenvalue weighted by molar-refractivity contribution is 5.87. The van der Waals surface area contributed by atoms with Gasteiger partial charge in [-0.05, 0) is 40.8 Å². The van der Waals surface area contributed by atoms with E-state index in [1.165, 1.54) is 16.3 Å². The molecule has 2 aromatic rings. The van der Waals surface area contributed by atoms with E-state index in [9.17, 15) is 4.79 Å². The highest BCUT2D eigenvalue weighted by Crippen LogP contribution is 2.30. The molecule has 3 heteroatoms. The Kier molecular flexibility index (Phi) is 4.05. The number of primary amides is 1. The fourth-order valence-electron chi connectivity index (χ4n) is 2.35. The second-order valence-corrected chi connectivity index (χ2v) is 4.84. The minimum absolute atomic E-state index is 0.246. The van der Waals surface area contributed by atoms with Crippen LogP contribution >= 0.6 is 0 Å². The molecule has 0 saturated heterocycles. The predicted molar refractivity (Wildman–Crippen MR) is 77.3 cm³/mol. The second-order valence-electron chi connectivity index (χ2n) is 4.84. The molecule has 0 heterocycles. The predicted octanol–water partition coefficient (Wildman–Crippen LogP) is 3.22. The maximum Gasteiger partial charge on any atom is 0.217 e. The lowest BCUT2D eigenvalue weighted by molar-refractivity contribution is -0.118. The Morgan fingerprint density at radius 3 is 2.79 bits per heavy atom. The summed E-state index contributed by atoms with van der Waals surface area (Å²) >= 11 is 0. The van der Waals surface area contributed by atoms with Gasteiger partial charge in [-0.2, -0.15) is 0 Å². The number of hydrogen-bond donors (Lipinski definition) is 1. The average Bonchev–Trinajstić information content (AvgIpc) is 2.43. The molecule has 2 rings (SSSR count). The van der Waals surface area contributed by atoms with Gasteiger partial charge in [0.1, 0.15) is 5.75 Å². The third-order valence-corrected chi connectivity index (χ3v) is 3.48. The van der Waals surface area contributed by atoms with Gasteiger partial charge in [0.15, 0.2) is 0 Å². The van der Waals surface area contributed by atoms with Crippen LogP contribution in [0.15, 0.2) is 36.4 Å². The number of ether oxygens (including phenoxy) is 1. The fourth-order valence-corrected chi connectivity index (χ4v) is 2.35. The number of carbonyl (C=O) groups excluding carboxylic acids is 1. The van der Waals surface area contributed by atoms with Gasteiger partial charge < -0.3 is 10.5 Å². The number of carbonyl (C=O) groups is 1. The molecule has 2 N–H and O–H groups in total. The molecule has 0 aromatic heterocycles. The van der Waals surface area contributed by atoms with Crippen molar-refractivity contribution in [2.45, 2.75) is 25.7 Å². The third kappa shape index (κ3) is 3.05. The number of methoxy groups -OCH3 is 1. The summed E-state index contributed by atoms with van der Waals surface area (Å²) in [5.74, 6) is 0.898. The van der Waals surface area contributed by atoms with E-state index in [1.807, 2.05) is 18.2 Å². The molecule has 2 aromatic carbocycles. The van der Waals surface area contributed by atoms with Crippen molar-refractivity contribution < 1.29 is 9.53 Å². The van der Waals surface area contributed by atoms with Crippen molar-refractivity contribution in [3.63, 3.8) is 0 Å². The zero-order chi connectivity index (χ0) is 13.8. The molecule has 0 bridgehead atoms. The Morgan fingerprint density at radius 1 is 1.32 bits per heavy atom. The van der Waals surface area contributed by atoms with Gasteiger partial charge in [-0.15, -0.1) is 0 Å². The van der Waals surface area contributed by atoms with E-state index < -0.39 is 0 Å². The normalized spacial score (nSPS) is 12.3. The summed E-state index contributed by atoms with van der Waals surface area (Å²) in [5.41, 5.74) is 6.45. The van der Waals surface area contributed by atoms with Crippen LogP contribution in [0.4, 0.5) is 0 Å². The lowest BCUT2D eigenvalue weighted by Crippen LogP contribution is -2.11. The monoisotopic (exact) mass is 257 g/mol. The van der Waals surface area contributed by atoms with Crippen molar-refractivity contribution in [1.82, 2.24) is 0 Å². The first-order valence-corrected chi connectivity index (χ1v) is 6.47. The highest BCUT2D eigenvalue weighted by atomic mass is 16.5. The minimum Gasteiger partial charge on any atom is -0.497 e. The minimum atomic E-state index is -0.246. The third-order valence-electron chi connectivity index (χ3n) is 3.48. The van der Waals surface area contributed by atoms with E-state index in [0.29, 0.717) is 12.3 Å². The Hall–Kier alpha value is -2.03. The summed E-state index contributed by atoms with van der Waals surface area (Å²) in [6.07, 6.45) is 1.19. The molecule has 0 fully saturated rings. The maximum atomic E-state index is 10.9. The zero-order valence-corrected chi connectivity index (χ0v) is 11.3. The summed E-state index contributed by atoms with van der Waals surface area (Å²) in [6, 6.07) is 12.3. The first-order valence-electron chi connectivity index (χ1n) is 6.47. The van der Waals surface area contributed by atoms with E-state index in [-0.39, 0.29) is 5.91 Å². The number of fused-ring (bicyclic) bond motifs is 1. The van der Waals surface area contributed by atoms with Crippen molar-refractivity contribution in [1.29, 1.82) is 0 Å². The van der Waals surface area contributed by atoms with Gasteiger partial charge in [0, 0.05) is 6.42 Å². The van der Waals surface area contributed by atoms with Crippen LogP contribution in [-0.4, -0.2) is 13.0 Å². The number of benzene rings is 2. The smallest absolute Gasteiger partial charge is 0.217 e. The number of nitrogens with two attached hydrogens (primary N) is 1. The Balaban J connectivity index is 2.38. The van der Waals surface area contributed by atoms with Crippen molar-refractivity contribution in [3.8, 4) is 5.75 Å². The first kappa shape index (κ1) is 13.4. The maximum absolute atomic E-state index is 10.9. The largest absolute Gasteiger partial charge is 0.497 e. The quantitative estimate of drug-likeness (QED) is 0.894. The van der Waals surface area contributed by atoms with Crippen LogP contribution in [0.1, 0.15) is 31.2 Å². The highest BCUT2D eigenvalue weighted by Gasteiger charge is 2.11. The summed E-state index contributed by atoms with van der Waals surface area (Å²) in [6.45, 7) is 2.12. The van der Waals surface area contributed by atoms with Crippen LogP contribution < -0.4 is 10.5 Å².